The number of fused-ring (bicyclic) bond motifs is 1. The second kappa shape index (κ2) is 10.5. The topological polar surface area (TPSA) is 89.9 Å². The van der Waals surface area contributed by atoms with E-state index in [1.807, 2.05) is 54.6 Å². The van der Waals surface area contributed by atoms with Crippen LogP contribution in [0.15, 0.2) is 66.7 Å². The van der Waals surface area contributed by atoms with Gasteiger partial charge in [-0.3, -0.25) is 4.79 Å². The maximum absolute atomic E-state index is 12.7. The molecule has 4 rings (SSSR count). The number of aromatic hydroxyl groups is 1. The molecule has 3 atom stereocenters. The third-order valence-electron chi connectivity index (χ3n) is 7.67. The minimum Gasteiger partial charge on any atom is -0.508 e. The lowest BCUT2D eigenvalue weighted by Crippen LogP contribution is -2.48. The van der Waals surface area contributed by atoms with Crippen molar-refractivity contribution < 1.29 is 19.8 Å². The van der Waals surface area contributed by atoms with Crippen LogP contribution in [-0.2, 0) is 21.4 Å². The van der Waals surface area contributed by atoms with E-state index in [2.05, 4.69) is 30.1 Å². The van der Waals surface area contributed by atoms with E-state index < -0.39 is 12.0 Å². The summed E-state index contributed by atoms with van der Waals surface area (Å²) >= 11 is 0. The van der Waals surface area contributed by atoms with Gasteiger partial charge in [0, 0.05) is 25.9 Å². The summed E-state index contributed by atoms with van der Waals surface area (Å²) in [4.78, 5) is 26.9. The van der Waals surface area contributed by atoms with Crippen LogP contribution in [0, 0.1) is 5.92 Å². The number of likely N-dealkylation sites (tertiary alicyclic amines) is 1. The molecule has 0 spiro atoms. The molecular formula is C29H34N2O4. The van der Waals surface area contributed by atoms with Crippen molar-refractivity contribution >= 4 is 22.6 Å². The molecule has 1 fully saturated rings. The van der Waals surface area contributed by atoms with Crippen molar-refractivity contribution in [1.29, 1.82) is 0 Å². The fraction of sp³-hybridized carbons (Fsp3) is 0.379. The molecule has 1 heterocycles. The molecule has 1 aliphatic heterocycles. The van der Waals surface area contributed by atoms with Gasteiger partial charge in [0.2, 0.25) is 5.91 Å². The van der Waals surface area contributed by atoms with Crippen molar-refractivity contribution in [2.24, 2.45) is 5.92 Å². The number of nitrogens with zero attached hydrogens (tertiary/aromatic N) is 1. The van der Waals surface area contributed by atoms with Crippen molar-refractivity contribution in [2.45, 2.75) is 44.6 Å². The molecule has 1 amide bonds. The molecule has 0 unspecified atom stereocenters. The second-order valence-corrected chi connectivity index (χ2v) is 9.97. The molecule has 0 radical (unpaired) electrons. The number of carboxylic acids is 1. The minimum atomic E-state index is -1.03. The van der Waals surface area contributed by atoms with Gasteiger partial charge in [-0.2, -0.15) is 0 Å². The zero-order valence-electron chi connectivity index (χ0n) is 20.4. The molecule has 0 saturated carbocycles. The number of aliphatic carboxylic acids is 1. The molecule has 1 aliphatic rings. The lowest BCUT2D eigenvalue weighted by molar-refractivity contribution is -0.141. The van der Waals surface area contributed by atoms with Crippen LogP contribution < -0.4 is 5.32 Å². The molecule has 3 aromatic carbocycles. The zero-order valence-corrected chi connectivity index (χ0v) is 20.4. The monoisotopic (exact) mass is 474 g/mol. The van der Waals surface area contributed by atoms with Crippen LogP contribution in [0.2, 0.25) is 0 Å². The third kappa shape index (κ3) is 5.65. The molecule has 184 valence electrons. The Hall–Kier alpha value is -3.38. The van der Waals surface area contributed by atoms with Crippen LogP contribution in [0.5, 0.6) is 5.75 Å². The number of phenolic OH excluding ortho intramolecular Hbond substituents is 1. The average Bonchev–Trinajstić information content (AvgIpc) is 2.84. The van der Waals surface area contributed by atoms with Gasteiger partial charge in [0.05, 0.1) is 0 Å². The van der Waals surface area contributed by atoms with E-state index in [-0.39, 0.29) is 29.9 Å². The van der Waals surface area contributed by atoms with E-state index >= 15 is 0 Å². The summed E-state index contributed by atoms with van der Waals surface area (Å²) in [7, 11) is 0. The van der Waals surface area contributed by atoms with Crippen LogP contribution in [0.3, 0.4) is 0 Å². The number of hydrogen-bond acceptors (Lipinski definition) is 4. The van der Waals surface area contributed by atoms with E-state index in [1.54, 1.807) is 6.07 Å². The first-order valence-electron chi connectivity index (χ1n) is 12.3. The number of rotatable bonds is 8. The van der Waals surface area contributed by atoms with Crippen LogP contribution in [0.25, 0.3) is 10.8 Å². The predicted molar refractivity (Wildman–Crippen MR) is 138 cm³/mol. The van der Waals surface area contributed by atoms with Gasteiger partial charge in [0.15, 0.2) is 0 Å². The van der Waals surface area contributed by atoms with Crippen molar-refractivity contribution in [3.05, 3.63) is 77.9 Å². The molecule has 6 heteroatoms. The van der Waals surface area contributed by atoms with Gasteiger partial charge >= 0.3 is 5.97 Å². The summed E-state index contributed by atoms with van der Waals surface area (Å²) in [6.45, 7) is 6.73. The molecule has 0 aromatic heterocycles. The van der Waals surface area contributed by atoms with Gasteiger partial charge < -0.3 is 20.4 Å². The Morgan fingerprint density at radius 2 is 1.86 bits per heavy atom. The van der Waals surface area contributed by atoms with Crippen molar-refractivity contribution in [2.75, 3.05) is 19.6 Å². The number of hydrogen-bond donors (Lipinski definition) is 3. The van der Waals surface area contributed by atoms with Crippen LogP contribution in [-0.4, -0.2) is 52.7 Å². The largest absolute Gasteiger partial charge is 0.508 e. The van der Waals surface area contributed by atoms with Gasteiger partial charge in [-0.25, -0.2) is 4.79 Å². The molecule has 35 heavy (non-hydrogen) atoms. The maximum atomic E-state index is 12.7. The fourth-order valence-electron chi connectivity index (χ4n) is 5.23. The Balaban J connectivity index is 1.33. The lowest BCUT2D eigenvalue weighted by atomic mass is 9.68. The van der Waals surface area contributed by atoms with E-state index in [1.165, 1.54) is 0 Å². The fourth-order valence-corrected chi connectivity index (χ4v) is 5.23. The van der Waals surface area contributed by atoms with Crippen molar-refractivity contribution in [1.82, 2.24) is 10.2 Å². The van der Waals surface area contributed by atoms with E-state index in [0.717, 1.165) is 41.4 Å². The Labute approximate surface area is 206 Å². The summed E-state index contributed by atoms with van der Waals surface area (Å²) in [6.07, 6.45) is 1.43. The number of carboxylic acid groups (broad SMARTS) is 1. The molecule has 1 saturated heterocycles. The van der Waals surface area contributed by atoms with Crippen LogP contribution in [0.4, 0.5) is 0 Å². The Kier molecular flexibility index (Phi) is 7.41. The molecular weight excluding hydrogens is 440 g/mol. The number of nitrogens with one attached hydrogen (secondary N) is 1. The summed E-state index contributed by atoms with van der Waals surface area (Å²) in [6, 6.07) is 20.2. The van der Waals surface area contributed by atoms with E-state index in [9.17, 15) is 19.8 Å². The Bertz CT molecular complexity index is 1200. The smallest absolute Gasteiger partial charge is 0.326 e. The number of phenols is 1. The summed E-state index contributed by atoms with van der Waals surface area (Å²) in [5.74, 6) is -0.642. The average molecular weight is 475 g/mol. The standard InChI is InChI=1S/C29H34N2O4/c1-20-19-31(16-14-29(20,2)23-10-6-11-24(32)18-23)15-13-27(33)30-26(28(34)35)17-22-9-5-8-21-7-3-4-12-25(21)22/h3-12,18,20,26,32H,13-17,19H2,1-2H3,(H,30,33)(H,34,35)/t20-,26-,29+/m0/s1. The number of carbonyl (C=O) groups is 2. The minimum absolute atomic E-state index is 0.0373. The van der Waals surface area contributed by atoms with Crippen molar-refractivity contribution in [3.63, 3.8) is 0 Å². The van der Waals surface area contributed by atoms with Gasteiger partial charge in [0.25, 0.3) is 0 Å². The van der Waals surface area contributed by atoms with Gasteiger partial charge in [-0.1, -0.05) is 68.4 Å². The highest BCUT2D eigenvalue weighted by atomic mass is 16.4. The third-order valence-corrected chi connectivity index (χ3v) is 7.67. The second-order valence-electron chi connectivity index (χ2n) is 9.97. The van der Waals surface area contributed by atoms with Gasteiger partial charge in [0.1, 0.15) is 11.8 Å². The summed E-state index contributed by atoms with van der Waals surface area (Å²) in [5, 5.41) is 24.4. The SMILES string of the molecule is C[C@H]1CN(CCC(=O)N[C@@H](Cc2cccc3ccccc23)C(=O)O)CC[C@@]1(C)c1cccc(O)c1. The van der Waals surface area contributed by atoms with E-state index in [4.69, 9.17) is 0 Å². The molecule has 6 nitrogen and oxygen atoms in total. The number of piperidine rings is 1. The zero-order chi connectivity index (χ0) is 25.0. The molecule has 3 N–H and O–H groups in total. The molecule has 0 aliphatic carbocycles. The Morgan fingerprint density at radius 1 is 1.11 bits per heavy atom. The highest BCUT2D eigenvalue weighted by molar-refractivity contribution is 5.88. The first-order chi connectivity index (χ1) is 16.8. The predicted octanol–water partition coefficient (Wildman–Crippen LogP) is 4.35. The van der Waals surface area contributed by atoms with Gasteiger partial charge in [-0.15, -0.1) is 0 Å². The summed E-state index contributed by atoms with van der Waals surface area (Å²) in [5.41, 5.74) is 2.01. The number of carbonyl (C=O) groups excluding carboxylic acids is 1. The Morgan fingerprint density at radius 3 is 2.60 bits per heavy atom. The number of amides is 1. The molecule has 3 aromatic rings. The van der Waals surface area contributed by atoms with E-state index in [0.29, 0.717) is 12.5 Å². The number of benzene rings is 3. The first kappa shape index (κ1) is 24.7. The van der Waals surface area contributed by atoms with Crippen LogP contribution in [0.1, 0.15) is 37.8 Å². The first-order valence-corrected chi connectivity index (χ1v) is 12.3. The normalized spacial score (nSPS) is 21.5. The highest BCUT2D eigenvalue weighted by Crippen LogP contribution is 2.40. The quantitative estimate of drug-likeness (QED) is 0.452. The highest BCUT2D eigenvalue weighted by Gasteiger charge is 2.38. The van der Waals surface area contributed by atoms with Crippen LogP contribution >= 0.6 is 0 Å². The molecule has 0 bridgehead atoms. The summed E-state index contributed by atoms with van der Waals surface area (Å²) < 4.78 is 0. The maximum Gasteiger partial charge on any atom is 0.326 e. The lowest BCUT2D eigenvalue weighted by Gasteiger charge is -2.45. The van der Waals surface area contributed by atoms with Gasteiger partial charge in [-0.05, 0) is 58.3 Å². The van der Waals surface area contributed by atoms with Crippen molar-refractivity contribution in [3.8, 4) is 5.75 Å².